The van der Waals surface area contributed by atoms with Crippen molar-refractivity contribution in [3.05, 3.63) is 35.4 Å². The van der Waals surface area contributed by atoms with E-state index in [1.165, 1.54) is 11.1 Å². The predicted octanol–water partition coefficient (Wildman–Crippen LogP) is 3.70. The lowest BCUT2D eigenvalue weighted by molar-refractivity contribution is 0.0813. The molecule has 1 aromatic rings. The number of hydrogen-bond acceptors (Lipinski definition) is 2. The van der Waals surface area contributed by atoms with E-state index in [1.54, 1.807) is 0 Å². The van der Waals surface area contributed by atoms with Crippen LogP contribution in [0.4, 0.5) is 0 Å². The molecular formula is C17H27NO. The molecule has 2 nitrogen and oxygen atoms in total. The van der Waals surface area contributed by atoms with Gasteiger partial charge in [0.2, 0.25) is 0 Å². The standard InChI is InChI=1S/C17H27NO/c1-4-16-15(8-9-19-16)17(18)14-7-5-6-13(11-14)10-12(2)3/h5-7,11-12,15-17H,4,8-10,18H2,1-3H3. The molecule has 2 heteroatoms. The molecule has 1 heterocycles. The quantitative estimate of drug-likeness (QED) is 0.877. The Morgan fingerprint density at radius 3 is 2.84 bits per heavy atom. The zero-order valence-electron chi connectivity index (χ0n) is 12.4. The first kappa shape index (κ1) is 14.5. The largest absolute Gasteiger partial charge is 0.378 e. The summed E-state index contributed by atoms with van der Waals surface area (Å²) in [6.45, 7) is 7.56. The summed E-state index contributed by atoms with van der Waals surface area (Å²) < 4.78 is 5.77. The Morgan fingerprint density at radius 1 is 1.37 bits per heavy atom. The lowest BCUT2D eigenvalue weighted by Crippen LogP contribution is -2.28. The van der Waals surface area contributed by atoms with Gasteiger partial charge in [-0.15, -0.1) is 0 Å². The summed E-state index contributed by atoms with van der Waals surface area (Å²) in [5.41, 5.74) is 9.15. The van der Waals surface area contributed by atoms with Crippen LogP contribution in [0.5, 0.6) is 0 Å². The maximum Gasteiger partial charge on any atom is 0.0619 e. The highest BCUT2D eigenvalue weighted by Crippen LogP contribution is 2.33. The fourth-order valence-electron chi connectivity index (χ4n) is 3.14. The first-order valence-corrected chi connectivity index (χ1v) is 7.57. The Balaban J connectivity index is 2.12. The second-order valence-electron chi connectivity index (χ2n) is 6.14. The van der Waals surface area contributed by atoms with Crippen LogP contribution in [0, 0.1) is 11.8 Å². The van der Waals surface area contributed by atoms with Gasteiger partial charge in [-0.3, -0.25) is 0 Å². The van der Waals surface area contributed by atoms with Crippen molar-refractivity contribution < 1.29 is 4.74 Å². The summed E-state index contributed by atoms with van der Waals surface area (Å²) in [6.07, 6.45) is 3.61. The van der Waals surface area contributed by atoms with Crippen LogP contribution in [0.1, 0.15) is 50.8 Å². The van der Waals surface area contributed by atoms with E-state index in [0.29, 0.717) is 17.9 Å². The molecule has 1 aromatic carbocycles. The molecule has 0 saturated carbocycles. The number of benzene rings is 1. The van der Waals surface area contributed by atoms with Gasteiger partial charge in [0.05, 0.1) is 6.10 Å². The molecule has 1 fully saturated rings. The van der Waals surface area contributed by atoms with Crippen molar-refractivity contribution in [1.29, 1.82) is 0 Å². The van der Waals surface area contributed by atoms with E-state index >= 15 is 0 Å². The number of rotatable bonds is 5. The smallest absolute Gasteiger partial charge is 0.0619 e. The summed E-state index contributed by atoms with van der Waals surface area (Å²) in [5, 5.41) is 0. The van der Waals surface area contributed by atoms with Crippen LogP contribution in [0.25, 0.3) is 0 Å². The van der Waals surface area contributed by atoms with Crippen molar-refractivity contribution in [2.45, 2.75) is 52.2 Å². The molecular weight excluding hydrogens is 234 g/mol. The van der Waals surface area contributed by atoms with E-state index in [2.05, 4.69) is 45.0 Å². The van der Waals surface area contributed by atoms with Gasteiger partial charge < -0.3 is 10.5 Å². The topological polar surface area (TPSA) is 35.2 Å². The third-order valence-electron chi connectivity index (χ3n) is 4.10. The van der Waals surface area contributed by atoms with Crippen LogP contribution in [0.2, 0.25) is 0 Å². The fraction of sp³-hybridized carbons (Fsp3) is 0.647. The lowest BCUT2D eigenvalue weighted by Gasteiger charge is -2.24. The fourth-order valence-corrected chi connectivity index (χ4v) is 3.14. The van der Waals surface area contributed by atoms with Gasteiger partial charge in [-0.2, -0.15) is 0 Å². The molecule has 2 rings (SSSR count). The van der Waals surface area contributed by atoms with Gasteiger partial charge in [0.1, 0.15) is 0 Å². The summed E-state index contributed by atoms with van der Waals surface area (Å²) in [4.78, 5) is 0. The highest BCUT2D eigenvalue weighted by Gasteiger charge is 2.32. The Kier molecular flexibility index (Phi) is 5.00. The zero-order chi connectivity index (χ0) is 13.8. The van der Waals surface area contributed by atoms with E-state index in [0.717, 1.165) is 25.9 Å². The van der Waals surface area contributed by atoms with E-state index in [1.807, 2.05) is 0 Å². The average Bonchev–Trinajstić information content (AvgIpc) is 2.85. The molecule has 0 spiro atoms. The van der Waals surface area contributed by atoms with E-state index < -0.39 is 0 Å². The Bertz CT molecular complexity index is 402. The van der Waals surface area contributed by atoms with E-state index in [4.69, 9.17) is 10.5 Å². The molecule has 1 aliphatic heterocycles. The van der Waals surface area contributed by atoms with E-state index in [-0.39, 0.29) is 6.04 Å². The van der Waals surface area contributed by atoms with Gasteiger partial charge >= 0.3 is 0 Å². The monoisotopic (exact) mass is 261 g/mol. The van der Waals surface area contributed by atoms with Crippen molar-refractivity contribution >= 4 is 0 Å². The van der Waals surface area contributed by atoms with Crippen molar-refractivity contribution in [2.24, 2.45) is 17.6 Å². The minimum atomic E-state index is 0.111. The lowest BCUT2D eigenvalue weighted by atomic mass is 9.86. The molecule has 0 aromatic heterocycles. The van der Waals surface area contributed by atoms with Crippen LogP contribution in [0.15, 0.2) is 24.3 Å². The second kappa shape index (κ2) is 6.53. The minimum absolute atomic E-state index is 0.111. The van der Waals surface area contributed by atoms with Gasteiger partial charge in [-0.05, 0) is 36.3 Å². The molecule has 106 valence electrons. The Hall–Kier alpha value is -0.860. The van der Waals surface area contributed by atoms with Crippen LogP contribution in [-0.4, -0.2) is 12.7 Å². The van der Waals surface area contributed by atoms with Crippen LogP contribution >= 0.6 is 0 Å². The normalized spacial score (nSPS) is 24.9. The van der Waals surface area contributed by atoms with Gasteiger partial charge in [0.25, 0.3) is 0 Å². The molecule has 1 aliphatic rings. The zero-order valence-corrected chi connectivity index (χ0v) is 12.4. The summed E-state index contributed by atoms with van der Waals surface area (Å²) in [7, 11) is 0. The predicted molar refractivity (Wildman–Crippen MR) is 80.1 cm³/mol. The Morgan fingerprint density at radius 2 is 2.16 bits per heavy atom. The SMILES string of the molecule is CCC1OCCC1C(N)c1cccc(CC(C)C)c1. The molecule has 3 atom stereocenters. The summed E-state index contributed by atoms with van der Waals surface area (Å²) >= 11 is 0. The van der Waals surface area contributed by atoms with Crippen LogP contribution in [-0.2, 0) is 11.2 Å². The molecule has 3 unspecified atom stereocenters. The average molecular weight is 261 g/mol. The van der Waals surface area contributed by atoms with Crippen molar-refractivity contribution in [3.63, 3.8) is 0 Å². The van der Waals surface area contributed by atoms with Gasteiger partial charge in [0, 0.05) is 18.6 Å². The summed E-state index contributed by atoms with van der Waals surface area (Å²) in [5.74, 6) is 1.16. The molecule has 0 aliphatic carbocycles. The third-order valence-corrected chi connectivity index (χ3v) is 4.10. The third kappa shape index (κ3) is 3.58. The van der Waals surface area contributed by atoms with Crippen LogP contribution < -0.4 is 5.73 Å². The molecule has 0 radical (unpaired) electrons. The first-order valence-electron chi connectivity index (χ1n) is 7.57. The van der Waals surface area contributed by atoms with Gasteiger partial charge in [-0.25, -0.2) is 0 Å². The van der Waals surface area contributed by atoms with Crippen LogP contribution in [0.3, 0.4) is 0 Å². The minimum Gasteiger partial charge on any atom is -0.378 e. The molecule has 19 heavy (non-hydrogen) atoms. The maximum absolute atomic E-state index is 6.49. The highest BCUT2D eigenvalue weighted by molar-refractivity contribution is 5.27. The number of hydrogen-bond donors (Lipinski definition) is 1. The number of ether oxygens (including phenoxy) is 1. The molecule has 1 saturated heterocycles. The first-order chi connectivity index (χ1) is 9.11. The Labute approximate surface area is 117 Å². The van der Waals surface area contributed by atoms with Crippen molar-refractivity contribution in [1.82, 2.24) is 0 Å². The highest BCUT2D eigenvalue weighted by atomic mass is 16.5. The molecule has 2 N–H and O–H groups in total. The van der Waals surface area contributed by atoms with Gasteiger partial charge in [-0.1, -0.05) is 45.0 Å². The molecule has 0 bridgehead atoms. The van der Waals surface area contributed by atoms with Crippen molar-refractivity contribution in [3.8, 4) is 0 Å². The molecule has 0 amide bonds. The van der Waals surface area contributed by atoms with Gasteiger partial charge in [0.15, 0.2) is 0 Å². The second-order valence-corrected chi connectivity index (χ2v) is 6.14. The maximum atomic E-state index is 6.49. The van der Waals surface area contributed by atoms with Crippen molar-refractivity contribution in [2.75, 3.05) is 6.61 Å². The summed E-state index contributed by atoms with van der Waals surface area (Å²) in [6, 6.07) is 8.91. The number of nitrogens with two attached hydrogens (primary N) is 1. The van der Waals surface area contributed by atoms with E-state index in [9.17, 15) is 0 Å².